The summed E-state index contributed by atoms with van der Waals surface area (Å²) in [5.74, 6) is -0.243. The first-order valence-corrected chi connectivity index (χ1v) is 6.37. The van der Waals surface area contributed by atoms with Gasteiger partial charge in [-0.25, -0.2) is 0 Å². The molecule has 2 rings (SSSR count). The Morgan fingerprint density at radius 2 is 1.52 bits per heavy atom. The van der Waals surface area contributed by atoms with Crippen molar-refractivity contribution >= 4 is 23.0 Å². The van der Waals surface area contributed by atoms with Crippen LogP contribution in [-0.4, -0.2) is 12.5 Å². The lowest BCUT2D eigenvalue weighted by Crippen LogP contribution is -2.26. The fourth-order valence-electron chi connectivity index (χ4n) is 1.93. The molecule has 0 atom stereocenters. The highest BCUT2D eigenvalue weighted by Crippen LogP contribution is 2.27. The van der Waals surface area contributed by atoms with Crippen LogP contribution in [0, 0.1) is 9.81 Å². The number of carbonyl (C=O) groups excluding carboxylic acids is 1. The van der Waals surface area contributed by atoms with Gasteiger partial charge in [0.25, 0.3) is 0 Å². The second-order valence-electron chi connectivity index (χ2n) is 4.28. The van der Waals surface area contributed by atoms with Gasteiger partial charge in [-0.15, -0.1) is 4.91 Å². The van der Waals surface area contributed by atoms with Gasteiger partial charge in [-0.05, 0) is 41.6 Å². The van der Waals surface area contributed by atoms with Crippen molar-refractivity contribution in [3.63, 3.8) is 0 Å². The van der Waals surface area contributed by atoms with Gasteiger partial charge in [0.15, 0.2) is 0 Å². The maximum atomic E-state index is 12.3. The number of anilines is 2. The molecule has 0 aliphatic rings. The van der Waals surface area contributed by atoms with E-state index in [1.807, 2.05) is 18.2 Å². The standard InChI is InChI=1S/C15H13N3O3/c19-15(10-11-16-20)18(13-4-2-1-3-5-13)14-8-6-12(17-21)7-9-14/h1-9H,10-11H2. The Hall–Kier alpha value is -2.89. The molecule has 0 aromatic heterocycles. The number of para-hydroxylation sites is 1. The number of nitrogens with zero attached hydrogens (tertiary/aromatic N) is 3. The Morgan fingerprint density at radius 1 is 0.905 bits per heavy atom. The van der Waals surface area contributed by atoms with Crippen LogP contribution >= 0.6 is 0 Å². The average molecular weight is 283 g/mol. The average Bonchev–Trinajstić information content (AvgIpc) is 2.55. The largest absolute Gasteiger partial charge is 0.281 e. The van der Waals surface area contributed by atoms with E-state index in [0.29, 0.717) is 11.4 Å². The van der Waals surface area contributed by atoms with Crippen molar-refractivity contribution in [2.75, 3.05) is 11.4 Å². The molecule has 0 radical (unpaired) electrons. The molecule has 0 heterocycles. The van der Waals surface area contributed by atoms with Gasteiger partial charge in [0.05, 0.1) is 13.0 Å². The highest BCUT2D eigenvalue weighted by atomic mass is 16.3. The van der Waals surface area contributed by atoms with Crippen LogP contribution in [0.4, 0.5) is 17.1 Å². The van der Waals surface area contributed by atoms with Gasteiger partial charge in [-0.3, -0.25) is 9.69 Å². The van der Waals surface area contributed by atoms with E-state index in [1.54, 1.807) is 24.3 Å². The second kappa shape index (κ2) is 7.04. The molecule has 0 aliphatic heterocycles. The summed E-state index contributed by atoms with van der Waals surface area (Å²) in [6.07, 6.45) is 0.0199. The van der Waals surface area contributed by atoms with Crippen molar-refractivity contribution in [1.82, 2.24) is 0 Å². The maximum Gasteiger partial charge on any atom is 0.233 e. The molecule has 0 unspecified atom stereocenters. The van der Waals surface area contributed by atoms with Crippen molar-refractivity contribution in [2.24, 2.45) is 10.4 Å². The summed E-state index contributed by atoms with van der Waals surface area (Å²) in [6, 6.07) is 15.4. The monoisotopic (exact) mass is 283 g/mol. The smallest absolute Gasteiger partial charge is 0.233 e. The lowest BCUT2D eigenvalue weighted by Gasteiger charge is -2.22. The summed E-state index contributed by atoms with van der Waals surface area (Å²) >= 11 is 0. The van der Waals surface area contributed by atoms with Crippen LogP contribution in [0.3, 0.4) is 0 Å². The Labute approximate surface area is 121 Å². The van der Waals surface area contributed by atoms with E-state index < -0.39 is 0 Å². The molecule has 0 N–H and O–H groups in total. The zero-order valence-electron chi connectivity index (χ0n) is 11.2. The van der Waals surface area contributed by atoms with Crippen molar-refractivity contribution < 1.29 is 4.79 Å². The lowest BCUT2D eigenvalue weighted by molar-refractivity contribution is -0.117. The van der Waals surface area contributed by atoms with Gasteiger partial charge in [-0.1, -0.05) is 23.4 Å². The Kier molecular flexibility index (Phi) is 4.87. The predicted octanol–water partition coefficient (Wildman–Crippen LogP) is 3.91. The Balaban J connectivity index is 2.37. The summed E-state index contributed by atoms with van der Waals surface area (Å²) in [5.41, 5.74) is 1.57. The van der Waals surface area contributed by atoms with Crippen LogP contribution < -0.4 is 4.90 Å². The zero-order chi connectivity index (χ0) is 15.1. The molecule has 1 amide bonds. The van der Waals surface area contributed by atoms with Gasteiger partial charge < -0.3 is 0 Å². The molecule has 0 bridgehead atoms. The molecule has 0 fully saturated rings. The van der Waals surface area contributed by atoms with Gasteiger partial charge in [0.2, 0.25) is 5.91 Å². The third-order valence-electron chi connectivity index (χ3n) is 2.89. The molecule has 106 valence electrons. The molecule has 6 heteroatoms. The number of carbonyl (C=O) groups is 1. The van der Waals surface area contributed by atoms with Gasteiger partial charge >= 0.3 is 0 Å². The molecule has 0 spiro atoms. The summed E-state index contributed by atoms with van der Waals surface area (Å²) in [5, 5.41) is 5.55. The third-order valence-corrected chi connectivity index (χ3v) is 2.89. The van der Waals surface area contributed by atoms with Crippen molar-refractivity contribution in [1.29, 1.82) is 0 Å². The SMILES string of the molecule is O=NCCC(=O)N(c1ccccc1)c1ccc(N=O)cc1. The number of benzene rings is 2. The first kappa shape index (κ1) is 14.5. The quantitative estimate of drug-likeness (QED) is 0.754. The summed E-state index contributed by atoms with van der Waals surface area (Å²) in [6.45, 7) is -0.0733. The first-order valence-electron chi connectivity index (χ1n) is 6.37. The molecule has 0 aliphatic carbocycles. The third kappa shape index (κ3) is 3.56. The minimum Gasteiger partial charge on any atom is -0.281 e. The number of rotatable bonds is 6. The minimum atomic E-state index is -0.243. The van der Waals surface area contributed by atoms with Crippen LogP contribution in [0.1, 0.15) is 6.42 Å². The number of hydrogen-bond acceptors (Lipinski definition) is 5. The first-order chi connectivity index (χ1) is 10.3. The van der Waals surface area contributed by atoms with Crippen LogP contribution in [0.5, 0.6) is 0 Å². The van der Waals surface area contributed by atoms with Gasteiger partial charge in [0.1, 0.15) is 5.69 Å². The molecule has 2 aromatic rings. The molecule has 2 aromatic carbocycles. The molecule has 0 saturated carbocycles. The van der Waals surface area contributed by atoms with Crippen molar-refractivity contribution in [2.45, 2.75) is 6.42 Å². The molecule has 6 nitrogen and oxygen atoms in total. The van der Waals surface area contributed by atoms with E-state index in [1.165, 1.54) is 17.0 Å². The van der Waals surface area contributed by atoms with E-state index in [4.69, 9.17) is 0 Å². The summed E-state index contributed by atoms with van der Waals surface area (Å²) < 4.78 is 0. The van der Waals surface area contributed by atoms with E-state index in [0.717, 1.165) is 0 Å². The topological polar surface area (TPSA) is 79.2 Å². The summed E-state index contributed by atoms with van der Waals surface area (Å²) in [7, 11) is 0. The number of nitroso groups, excluding NO2 is 2. The van der Waals surface area contributed by atoms with Gasteiger partial charge in [-0.2, -0.15) is 4.91 Å². The van der Waals surface area contributed by atoms with Crippen LogP contribution in [0.2, 0.25) is 0 Å². The van der Waals surface area contributed by atoms with Crippen LogP contribution in [0.15, 0.2) is 65.0 Å². The van der Waals surface area contributed by atoms with E-state index in [9.17, 15) is 14.6 Å². The molecule has 21 heavy (non-hydrogen) atoms. The van der Waals surface area contributed by atoms with Crippen molar-refractivity contribution in [3.8, 4) is 0 Å². The maximum absolute atomic E-state index is 12.3. The normalized spacial score (nSPS) is 9.90. The molecule has 0 saturated heterocycles. The van der Waals surface area contributed by atoms with Crippen molar-refractivity contribution in [3.05, 3.63) is 64.4 Å². The second-order valence-corrected chi connectivity index (χ2v) is 4.28. The Bertz CT molecular complexity index is 626. The minimum absolute atomic E-state index is 0.0199. The predicted molar refractivity (Wildman–Crippen MR) is 80.8 cm³/mol. The summed E-state index contributed by atoms with van der Waals surface area (Å²) in [4.78, 5) is 34.5. The number of amides is 1. The van der Waals surface area contributed by atoms with Crippen LogP contribution in [0.25, 0.3) is 0 Å². The zero-order valence-corrected chi connectivity index (χ0v) is 11.2. The Morgan fingerprint density at radius 3 is 2.10 bits per heavy atom. The van der Waals surface area contributed by atoms with Crippen LogP contribution in [-0.2, 0) is 4.79 Å². The highest BCUT2D eigenvalue weighted by Gasteiger charge is 2.17. The van der Waals surface area contributed by atoms with E-state index in [-0.39, 0.29) is 24.6 Å². The van der Waals surface area contributed by atoms with Gasteiger partial charge in [0, 0.05) is 11.4 Å². The van der Waals surface area contributed by atoms with E-state index in [2.05, 4.69) is 10.4 Å². The fraction of sp³-hybridized carbons (Fsp3) is 0.133. The molecular weight excluding hydrogens is 270 g/mol. The number of hydrogen-bond donors (Lipinski definition) is 0. The highest BCUT2D eigenvalue weighted by molar-refractivity contribution is 6.00. The molecular formula is C15H13N3O3. The van der Waals surface area contributed by atoms with E-state index >= 15 is 0 Å². The fourth-order valence-corrected chi connectivity index (χ4v) is 1.93. The lowest BCUT2D eigenvalue weighted by atomic mass is 10.2.